The Labute approximate surface area is 131 Å². The van der Waals surface area contributed by atoms with Crippen molar-refractivity contribution < 1.29 is 19.4 Å². The van der Waals surface area contributed by atoms with Gasteiger partial charge in [-0.1, -0.05) is 6.07 Å². The number of carbonyl (C=O) groups is 1. The van der Waals surface area contributed by atoms with Crippen molar-refractivity contribution in [1.29, 1.82) is 0 Å². The van der Waals surface area contributed by atoms with Gasteiger partial charge in [0.05, 0.1) is 18.4 Å². The van der Waals surface area contributed by atoms with Crippen LogP contribution in [-0.2, 0) is 9.53 Å². The van der Waals surface area contributed by atoms with Gasteiger partial charge in [-0.15, -0.1) is 0 Å². The summed E-state index contributed by atoms with van der Waals surface area (Å²) in [5.74, 6) is 0.451. The number of nitrogens with one attached hydrogen (secondary N) is 2. The molecular formula is C16H15N3O4. The molecule has 1 aromatic carbocycles. The highest BCUT2D eigenvalue weighted by Gasteiger charge is 2.40. The lowest BCUT2D eigenvalue weighted by Crippen LogP contribution is -2.19. The molecule has 0 unspecified atom stereocenters. The molecule has 0 fully saturated rings. The number of H-pyrrole nitrogens is 1. The molecule has 0 spiro atoms. The standard InChI is InChI=1S/C16H15N3O4/c1-7-12-13(8-3-4-10(20)11(5-8)22-2)14-9(6-23-16(14)21)17-15(12)19-18-7/h3-5,13,20H,6H2,1-2H3,(H2,17,18,19)/t13-/m0/s1. The maximum Gasteiger partial charge on any atom is 0.337 e. The van der Waals surface area contributed by atoms with Crippen molar-refractivity contribution in [1.82, 2.24) is 10.2 Å². The summed E-state index contributed by atoms with van der Waals surface area (Å²) < 4.78 is 10.4. The molecule has 7 nitrogen and oxygen atoms in total. The number of cyclic esters (lactones) is 1. The second-order valence-corrected chi connectivity index (χ2v) is 5.57. The van der Waals surface area contributed by atoms with Crippen LogP contribution in [0.1, 0.15) is 22.7 Å². The molecular weight excluding hydrogens is 298 g/mol. The molecule has 0 saturated carbocycles. The van der Waals surface area contributed by atoms with Crippen LogP contribution in [0.15, 0.2) is 29.5 Å². The van der Waals surface area contributed by atoms with E-state index in [-0.39, 0.29) is 24.2 Å². The summed E-state index contributed by atoms with van der Waals surface area (Å²) in [5.41, 5.74) is 3.91. The number of anilines is 1. The Bertz CT molecular complexity index is 853. The predicted molar refractivity (Wildman–Crippen MR) is 81.4 cm³/mol. The van der Waals surface area contributed by atoms with Gasteiger partial charge in [-0.3, -0.25) is 5.10 Å². The van der Waals surface area contributed by atoms with Crippen LogP contribution < -0.4 is 10.1 Å². The number of aromatic nitrogens is 2. The van der Waals surface area contributed by atoms with Crippen molar-refractivity contribution in [3.8, 4) is 11.5 Å². The highest BCUT2D eigenvalue weighted by Crippen LogP contribution is 2.46. The summed E-state index contributed by atoms with van der Waals surface area (Å²) in [7, 11) is 1.49. The van der Waals surface area contributed by atoms with Gasteiger partial charge in [0.2, 0.25) is 0 Å². The summed E-state index contributed by atoms with van der Waals surface area (Å²) in [6.45, 7) is 2.12. The Balaban J connectivity index is 1.94. The van der Waals surface area contributed by atoms with Crippen LogP contribution in [0, 0.1) is 6.92 Å². The van der Waals surface area contributed by atoms with Gasteiger partial charge < -0.3 is 19.9 Å². The van der Waals surface area contributed by atoms with Crippen molar-refractivity contribution in [2.24, 2.45) is 0 Å². The monoisotopic (exact) mass is 313 g/mol. The van der Waals surface area contributed by atoms with Crippen molar-refractivity contribution >= 4 is 11.8 Å². The van der Waals surface area contributed by atoms with Gasteiger partial charge in [0.15, 0.2) is 17.3 Å². The van der Waals surface area contributed by atoms with Gasteiger partial charge in [-0.25, -0.2) is 4.79 Å². The third kappa shape index (κ3) is 1.89. The largest absolute Gasteiger partial charge is 0.504 e. The molecule has 7 heteroatoms. The number of rotatable bonds is 2. The van der Waals surface area contributed by atoms with Crippen LogP contribution in [0.25, 0.3) is 0 Å². The molecule has 0 amide bonds. The molecule has 0 saturated heterocycles. The molecule has 1 atom stereocenters. The number of benzene rings is 1. The molecule has 2 aliphatic heterocycles. The molecule has 2 aliphatic rings. The molecule has 23 heavy (non-hydrogen) atoms. The smallest absolute Gasteiger partial charge is 0.337 e. The third-order valence-corrected chi connectivity index (χ3v) is 4.27. The lowest BCUT2D eigenvalue weighted by Gasteiger charge is -2.24. The van der Waals surface area contributed by atoms with Crippen molar-refractivity contribution in [2.45, 2.75) is 12.8 Å². The number of hydrogen-bond acceptors (Lipinski definition) is 6. The second-order valence-electron chi connectivity index (χ2n) is 5.57. The molecule has 4 rings (SSSR count). The number of esters is 1. The predicted octanol–water partition coefficient (Wildman–Crippen LogP) is 1.80. The maximum atomic E-state index is 12.2. The van der Waals surface area contributed by atoms with E-state index >= 15 is 0 Å². The van der Waals surface area contributed by atoms with Gasteiger partial charge in [-0.05, 0) is 24.6 Å². The SMILES string of the molecule is COc1cc([C@@H]2C3=C(COC3=O)Nc3n[nH]c(C)c32)ccc1O. The van der Waals surface area contributed by atoms with Crippen LogP contribution in [0.5, 0.6) is 11.5 Å². The number of aryl methyl sites for hydroxylation is 1. The Hall–Kier alpha value is -2.96. The topological polar surface area (TPSA) is 96.5 Å². The highest BCUT2D eigenvalue weighted by atomic mass is 16.5. The Morgan fingerprint density at radius 2 is 2.26 bits per heavy atom. The average Bonchev–Trinajstić information content (AvgIpc) is 3.10. The minimum atomic E-state index is -0.337. The molecule has 3 heterocycles. The number of phenolic OH excluding ortho intramolecular Hbond substituents is 1. The average molecular weight is 313 g/mol. The van der Waals surface area contributed by atoms with E-state index in [1.165, 1.54) is 7.11 Å². The molecule has 3 N–H and O–H groups in total. The summed E-state index contributed by atoms with van der Waals surface area (Å²) in [6.07, 6.45) is 0. The zero-order valence-electron chi connectivity index (χ0n) is 12.6. The van der Waals surface area contributed by atoms with E-state index in [4.69, 9.17) is 9.47 Å². The van der Waals surface area contributed by atoms with Gasteiger partial charge >= 0.3 is 5.97 Å². The first-order chi connectivity index (χ1) is 11.1. The van der Waals surface area contributed by atoms with E-state index < -0.39 is 0 Å². The normalized spacial score (nSPS) is 19.0. The van der Waals surface area contributed by atoms with Crippen LogP contribution in [-0.4, -0.2) is 35.0 Å². The van der Waals surface area contributed by atoms with Crippen LogP contribution >= 0.6 is 0 Å². The Kier molecular flexibility index (Phi) is 2.84. The number of aromatic hydroxyl groups is 1. The van der Waals surface area contributed by atoms with Crippen LogP contribution in [0.4, 0.5) is 5.82 Å². The van der Waals surface area contributed by atoms with E-state index in [9.17, 15) is 9.90 Å². The number of aromatic amines is 1. The summed E-state index contributed by atoms with van der Waals surface area (Å²) in [5, 5.41) is 20.2. The first-order valence-electron chi connectivity index (χ1n) is 7.19. The molecule has 0 radical (unpaired) electrons. The van der Waals surface area contributed by atoms with E-state index in [0.717, 1.165) is 22.5 Å². The van der Waals surface area contributed by atoms with E-state index in [1.54, 1.807) is 18.2 Å². The molecule has 2 aromatic rings. The zero-order chi connectivity index (χ0) is 16.1. The fourth-order valence-corrected chi connectivity index (χ4v) is 3.19. The van der Waals surface area contributed by atoms with Gasteiger partial charge in [0.1, 0.15) is 6.61 Å². The fourth-order valence-electron chi connectivity index (χ4n) is 3.19. The minimum Gasteiger partial charge on any atom is -0.504 e. The molecule has 0 bridgehead atoms. The first kappa shape index (κ1) is 13.7. The number of fused-ring (bicyclic) bond motifs is 1. The van der Waals surface area contributed by atoms with Crippen molar-refractivity contribution in [3.63, 3.8) is 0 Å². The lowest BCUT2D eigenvalue weighted by atomic mass is 9.82. The highest BCUT2D eigenvalue weighted by molar-refractivity contribution is 5.97. The number of ether oxygens (including phenoxy) is 2. The number of hydrogen-bond donors (Lipinski definition) is 3. The molecule has 0 aliphatic carbocycles. The maximum absolute atomic E-state index is 12.2. The number of methoxy groups -OCH3 is 1. The third-order valence-electron chi connectivity index (χ3n) is 4.27. The zero-order valence-corrected chi connectivity index (χ0v) is 12.6. The first-order valence-corrected chi connectivity index (χ1v) is 7.19. The number of carbonyl (C=O) groups excluding carboxylic acids is 1. The van der Waals surface area contributed by atoms with E-state index in [2.05, 4.69) is 15.5 Å². The van der Waals surface area contributed by atoms with E-state index in [0.29, 0.717) is 17.1 Å². The quantitative estimate of drug-likeness (QED) is 0.732. The fraction of sp³-hybridized carbons (Fsp3) is 0.250. The second kappa shape index (κ2) is 4.77. The summed E-state index contributed by atoms with van der Waals surface area (Å²) in [6, 6.07) is 5.07. The number of phenols is 1. The van der Waals surface area contributed by atoms with E-state index in [1.807, 2.05) is 6.92 Å². The summed E-state index contributed by atoms with van der Waals surface area (Å²) in [4.78, 5) is 12.2. The van der Waals surface area contributed by atoms with Crippen molar-refractivity contribution in [2.75, 3.05) is 19.0 Å². The lowest BCUT2D eigenvalue weighted by molar-refractivity contribution is -0.136. The minimum absolute atomic E-state index is 0.0533. The van der Waals surface area contributed by atoms with Gasteiger partial charge in [0.25, 0.3) is 0 Å². The summed E-state index contributed by atoms with van der Waals surface area (Å²) >= 11 is 0. The number of nitrogens with zero attached hydrogens (tertiary/aromatic N) is 1. The van der Waals surface area contributed by atoms with Crippen LogP contribution in [0.3, 0.4) is 0 Å². The van der Waals surface area contributed by atoms with Crippen LogP contribution in [0.2, 0.25) is 0 Å². The van der Waals surface area contributed by atoms with Gasteiger partial charge in [0, 0.05) is 17.2 Å². The van der Waals surface area contributed by atoms with Gasteiger partial charge in [-0.2, -0.15) is 5.10 Å². The molecule has 1 aromatic heterocycles. The molecule has 118 valence electrons. The Morgan fingerprint density at radius 1 is 1.43 bits per heavy atom. The van der Waals surface area contributed by atoms with Crippen molar-refractivity contribution in [3.05, 3.63) is 46.3 Å². The Morgan fingerprint density at radius 3 is 3.04 bits per heavy atom.